The zero-order valence-electron chi connectivity index (χ0n) is 7.67. The first-order chi connectivity index (χ1) is 6.07. The molecule has 0 heterocycles. The van der Waals surface area contributed by atoms with Gasteiger partial charge in [-0.3, -0.25) is 4.79 Å². The summed E-state index contributed by atoms with van der Waals surface area (Å²) >= 11 is 0. The van der Waals surface area contributed by atoms with E-state index in [1.807, 2.05) is 6.92 Å². The molecule has 6 N–H and O–H groups in total. The van der Waals surface area contributed by atoms with Crippen LogP contribution in [-0.2, 0) is 4.79 Å². The van der Waals surface area contributed by atoms with Crippen LogP contribution in [0.3, 0.4) is 0 Å². The van der Waals surface area contributed by atoms with E-state index in [0.29, 0.717) is 19.5 Å². The summed E-state index contributed by atoms with van der Waals surface area (Å²) < 4.78 is 0. The van der Waals surface area contributed by atoms with E-state index in [-0.39, 0.29) is 11.9 Å². The zero-order valence-corrected chi connectivity index (χ0v) is 7.67. The predicted molar refractivity (Wildman–Crippen MR) is 48.9 cm³/mol. The summed E-state index contributed by atoms with van der Waals surface area (Å²) in [6, 6.07) is -0.913. The van der Waals surface area contributed by atoms with Gasteiger partial charge in [-0.05, 0) is 6.42 Å². The maximum absolute atomic E-state index is 10.7. The number of hydrogen-bond acceptors (Lipinski definition) is 3. The molecular weight excluding hydrogens is 172 g/mol. The summed E-state index contributed by atoms with van der Waals surface area (Å²) in [6.07, 6.45) is 0.631. The smallest absolute Gasteiger partial charge is 0.312 e. The first kappa shape index (κ1) is 11.7. The first-order valence-electron chi connectivity index (χ1n) is 4.14. The number of nitrogens with two attached hydrogens (primary N) is 2. The molecule has 0 spiro atoms. The molecule has 0 fully saturated rings. The molecule has 0 aliphatic carbocycles. The lowest BCUT2D eigenvalue weighted by Crippen LogP contribution is -2.44. The fraction of sp³-hybridized carbons (Fsp3) is 0.714. The topological polar surface area (TPSA) is 110 Å². The molecule has 0 aromatic carbocycles. The van der Waals surface area contributed by atoms with Gasteiger partial charge in [-0.2, -0.15) is 0 Å². The van der Waals surface area contributed by atoms with E-state index in [0.717, 1.165) is 0 Å². The van der Waals surface area contributed by atoms with Crippen molar-refractivity contribution < 1.29 is 9.59 Å². The highest BCUT2D eigenvalue weighted by atomic mass is 16.2. The monoisotopic (exact) mass is 188 g/mol. The SMILES string of the molecule is CCC(NCCNC(N)=O)C(N)=O. The Balaban J connectivity index is 3.50. The minimum Gasteiger partial charge on any atom is -0.368 e. The zero-order chi connectivity index (χ0) is 10.3. The van der Waals surface area contributed by atoms with Gasteiger partial charge in [0.2, 0.25) is 5.91 Å². The van der Waals surface area contributed by atoms with Crippen molar-refractivity contribution in [3.63, 3.8) is 0 Å². The highest BCUT2D eigenvalue weighted by Gasteiger charge is 2.10. The van der Waals surface area contributed by atoms with Crippen LogP contribution in [0.15, 0.2) is 0 Å². The van der Waals surface area contributed by atoms with Crippen molar-refractivity contribution in [2.45, 2.75) is 19.4 Å². The third-order valence-electron chi connectivity index (χ3n) is 1.57. The molecule has 1 atom stereocenters. The van der Waals surface area contributed by atoms with E-state index >= 15 is 0 Å². The lowest BCUT2D eigenvalue weighted by molar-refractivity contribution is -0.120. The number of carbonyl (C=O) groups is 2. The van der Waals surface area contributed by atoms with Crippen molar-refractivity contribution in [1.29, 1.82) is 0 Å². The van der Waals surface area contributed by atoms with Crippen molar-refractivity contribution >= 4 is 11.9 Å². The van der Waals surface area contributed by atoms with Crippen molar-refractivity contribution in [2.75, 3.05) is 13.1 Å². The van der Waals surface area contributed by atoms with Gasteiger partial charge in [0, 0.05) is 13.1 Å². The number of nitrogens with one attached hydrogen (secondary N) is 2. The Morgan fingerprint density at radius 1 is 1.31 bits per heavy atom. The summed E-state index contributed by atoms with van der Waals surface area (Å²) in [5.41, 5.74) is 9.91. The minimum atomic E-state index is -0.575. The van der Waals surface area contributed by atoms with Crippen molar-refractivity contribution in [3.8, 4) is 0 Å². The normalized spacial score (nSPS) is 12.1. The van der Waals surface area contributed by atoms with Crippen molar-refractivity contribution in [1.82, 2.24) is 10.6 Å². The Morgan fingerprint density at radius 2 is 1.92 bits per heavy atom. The van der Waals surface area contributed by atoms with Gasteiger partial charge < -0.3 is 22.1 Å². The number of urea groups is 1. The molecule has 6 heteroatoms. The van der Waals surface area contributed by atoms with E-state index in [1.54, 1.807) is 0 Å². The second-order valence-electron chi connectivity index (χ2n) is 2.61. The van der Waals surface area contributed by atoms with Gasteiger partial charge in [0.25, 0.3) is 0 Å². The van der Waals surface area contributed by atoms with Crippen LogP contribution >= 0.6 is 0 Å². The van der Waals surface area contributed by atoms with E-state index in [1.165, 1.54) is 0 Å². The average Bonchev–Trinajstić information content (AvgIpc) is 2.03. The van der Waals surface area contributed by atoms with Crippen LogP contribution in [0.1, 0.15) is 13.3 Å². The van der Waals surface area contributed by atoms with Gasteiger partial charge in [-0.15, -0.1) is 0 Å². The molecule has 13 heavy (non-hydrogen) atoms. The Kier molecular flexibility index (Phi) is 5.62. The molecule has 0 radical (unpaired) electrons. The summed E-state index contributed by atoms with van der Waals surface area (Å²) in [5, 5.41) is 5.27. The van der Waals surface area contributed by atoms with Crippen LogP contribution < -0.4 is 22.1 Å². The van der Waals surface area contributed by atoms with Crippen molar-refractivity contribution in [3.05, 3.63) is 0 Å². The molecule has 0 saturated carbocycles. The van der Waals surface area contributed by atoms with E-state index in [4.69, 9.17) is 11.5 Å². The minimum absolute atomic E-state index is 0.338. The van der Waals surface area contributed by atoms with E-state index in [9.17, 15) is 9.59 Å². The first-order valence-corrected chi connectivity index (χ1v) is 4.14. The van der Waals surface area contributed by atoms with Gasteiger partial charge in [0.1, 0.15) is 0 Å². The number of carbonyl (C=O) groups excluding carboxylic acids is 2. The number of rotatable bonds is 6. The van der Waals surface area contributed by atoms with Crippen LogP contribution in [0.2, 0.25) is 0 Å². The van der Waals surface area contributed by atoms with Gasteiger partial charge in [0.05, 0.1) is 6.04 Å². The van der Waals surface area contributed by atoms with Crippen LogP contribution in [0.5, 0.6) is 0 Å². The molecule has 0 aromatic rings. The largest absolute Gasteiger partial charge is 0.368 e. The molecule has 0 saturated heterocycles. The second-order valence-corrected chi connectivity index (χ2v) is 2.61. The van der Waals surface area contributed by atoms with Crippen LogP contribution in [0.4, 0.5) is 4.79 Å². The van der Waals surface area contributed by atoms with Gasteiger partial charge in [0.15, 0.2) is 0 Å². The molecule has 3 amide bonds. The maximum Gasteiger partial charge on any atom is 0.312 e. The van der Waals surface area contributed by atoms with Gasteiger partial charge in [-0.25, -0.2) is 4.79 Å². The molecule has 0 aromatic heterocycles. The van der Waals surface area contributed by atoms with Crippen LogP contribution in [0.25, 0.3) is 0 Å². The maximum atomic E-state index is 10.7. The van der Waals surface area contributed by atoms with Gasteiger partial charge in [-0.1, -0.05) is 6.92 Å². The third-order valence-corrected chi connectivity index (χ3v) is 1.57. The van der Waals surface area contributed by atoms with Gasteiger partial charge >= 0.3 is 6.03 Å². The summed E-state index contributed by atoms with van der Waals surface area (Å²) in [6.45, 7) is 2.72. The Labute approximate surface area is 77.0 Å². The number of primary amides is 2. The molecule has 0 rings (SSSR count). The third kappa shape index (κ3) is 5.92. The highest BCUT2D eigenvalue weighted by Crippen LogP contribution is 1.87. The van der Waals surface area contributed by atoms with Crippen molar-refractivity contribution in [2.24, 2.45) is 11.5 Å². The van der Waals surface area contributed by atoms with E-state index < -0.39 is 6.03 Å². The molecule has 0 aliphatic heterocycles. The molecule has 76 valence electrons. The summed E-state index contributed by atoms with van der Waals surface area (Å²) in [7, 11) is 0. The number of hydrogen-bond donors (Lipinski definition) is 4. The quantitative estimate of drug-likeness (QED) is 0.381. The average molecular weight is 188 g/mol. The Morgan fingerprint density at radius 3 is 2.31 bits per heavy atom. The second kappa shape index (κ2) is 6.24. The lowest BCUT2D eigenvalue weighted by Gasteiger charge is -2.12. The standard InChI is InChI=1S/C7H16N4O2/c1-2-5(6(8)12)10-3-4-11-7(9)13/h5,10H,2-4H2,1H3,(H2,8,12)(H3,9,11,13). The summed E-state index contributed by atoms with van der Waals surface area (Å²) in [4.78, 5) is 20.9. The lowest BCUT2D eigenvalue weighted by atomic mass is 10.2. The fourth-order valence-corrected chi connectivity index (χ4v) is 0.878. The number of amides is 3. The Hall–Kier alpha value is -1.30. The van der Waals surface area contributed by atoms with E-state index in [2.05, 4.69) is 10.6 Å². The molecule has 6 nitrogen and oxygen atoms in total. The summed E-state index contributed by atoms with van der Waals surface area (Å²) in [5.74, 6) is -0.387. The van der Waals surface area contributed by atoms with Crippen LogP contribution in [0, 0.1) is 0 Å². The predicted octanol–water partition coefficient (Wildman–Crippen LogP) is -1.49. The Bertz CT molecular complexity index is 183. The molecule has 0 aliphatic rings. The molecule has 1 unspecified atom stereocenters. The van der Waals surface area contributed by atoms with Crippen LogP contribution in [-0.4, -0.2) is 31.1 Å². The fourth-order valence-electron chi connectivity index (χ4n) is 0.878. The molecule has 0 bridgehead atoms. The highest BCUT2D eigenvalue weighted by molar-refractivity contribution is 5.79. The molecular formula is C7H16N4O2.